The van der Waals surface area contributed by atoms with Gasteiger partial charge >= 0.3 is 0 Å². The van der Waals surface area contributed by atoms with E-state index in [9.17, 15) is 0 Å². The third-order valence-electron chi connectivity index (χ3n) is 4.82. The summed E-state index contributed by atoms with van der Waals surface area (Å²) in [5.41, 5.74) is 0. The van der Waals surface area contributed by atoms with E-state index in [1.54, 1.807) is 0 Å². The van der Waals surface area contributed by atoms with Gasteiger partial charge in [-0.25, -0.2) is 4.98 Å². The molecule has 0 aliphatic heterocycles. The molecule has 0 aromatic carbocycles. The lowest BCUT2D eigenvalue weighted by atomic mass is 9.74. The zero-order valence-corrected chi connectivity index (χ0v) is 12.7. The fraction of sp³-hybridized carbons (Fsp3) is 0.812. The average molecular weight is 263 g/mol. The number of aryl methyl sites for hydroxylation is 2. The second kappa shape index (κ2) is 7.09. The number of nitrogens with one attached hydrogen (secondary N) is 1. The van der Waals surface area contributed by atoms with E-state index in [1.165, 1.54) is 44.3 Å². The van der Waals surface area contributed by atoms with E-state index < -0.39 is 0 Å². The highest BCUT2D eigenvalue weighted by molar-refractivity contribution is 4.93. The van der Waals surface area contributed by atoms with Crippen molar-refractivity contribution in [1.29, 1.82) is 0 Å². The highest BCUT2D eigenvalue weighted by atomic mass is 15.0. The quantitative estimate of drug-likeness (QED) is 0.854. The maximum atomic E-state index is 4.45. The summed E-state index contributed by atoms with van der Waals surface area (Å²) < 4.78 is 2.15. The summed E-state index contributed by atoms with van der Waals surface area (Å²) in [6.45, 7) is 2.31. The Morgan fingerprint density at radius 1 is 1.37 bits per heavy atom. The van der Waals surface area contributed by atoms with Gasteiger partial charge in [0.05, 0.1) is 0 Å². The molecule has 0 spiro atoms. The lowest BCUT2D eigenvalue weighted by molar-refractivity contribution is 0.191. The van der Waals surface area contributed by atoms with Crippen molar-refractivity contribution in [3.63, 3.8) is 0 Å². The van der Waals surface area contributed by atoms with Gasteiger partial charge in [-0.1, -0.05) is 19.8 Å². The Hall–Kier alpha value is -0.830. The molecule has 3 atom stereocenters. The Balaban J connectivity index is 1.89. The zero-order chi connectivity index (χ0) is 13.7. The largest absolute Gasteiger partial charge is 0.338 e. The van der Waals surface area contributed by atoms with Gasteiger partial charge < -0.3 is 9.88 Å². The minimum atomic E-state index is 0.716. The van der Waals surface area contributed by atoms with E-state index in [0.29, 0.717) is 6.04 Å². The second-order valence-corrected chi connectivity index (χ2v) is 6.12. The molecule has 1 fully saturated rings. The molecule has 1 heterocycles. The van der Waals surface area contributed by atoms with Crippen molar-refractivity contribution in [2.75, 3.05) is 7.05 Å². The van der Waals surface area contributed by atoms with Crippen LogP contribution in [0.5, 0.6) is 0 Å². The molecule has 3 unspecified atom stereocenters. The molecule has 1 aromatic heterocycles. The van der Waals surface area contributed by atoms with Crippen LogP contribution in [0.1, 0.15) is 51.3 Å². The van der Waals surface area contributed by atoms with Gasteiger partial charge in [-0.05, 0) is 44.6 Å². The smallest absolute Gasteiger partial charge is 0.108 e. The van der Waals surface area contributed by atoms with Gasteiger partial charge in [0.1, 0.15) is 5.82 Å². The molecule has 3 nitrogen and oxygen atoms in total. The molecule has 1 N–H and O–H groups in total. The standard InChI is InChI=1S/C16H29N3/c1-4-5-13-6-8-15(17-2)14(12-13)7-9-16-18-10-11-19(16)3/h10-11,13-15,17H,4-9,12H2,1-3H3. The third kappa shape index (κ3) is 3.82. The Morgan fingerprint density at radius 2 is 2.21 bits per heavy atom. The number of hydrogen-bond donors (Lipinski definition) is 1. The monoisotopic (exact) mass is 263 g/mol. The Bertz CT molecular complexity index is 372. The van der Waals surface area contributed by atoms with Gasteiger partial charge in [-0.2, -0.15) is 0 Å². The van der Waals surface area contributed by atoms with Crippen LogP contribution in [0.4, 0.5) is 0 Å². The fourth-order valence-electron chi connectivity index (χ4n) is 3.68. The van der Waals surface area contributed by atoms with Crippen LogP contribution in [-0.2, 0) is 13.5 Å². The molecule has 2 rings (SSSR count). The number of hydrogen-bond acceptors (Lipinski definition) is 2. The van der Waals surface area contributed by atoms with Crippen molar-refractivity contribution < 1.29 is 0 Å². The minimum absolute atomic E-state index is 0.716. The van der Waals surface area contributed by atoms with Crippen LogP contribution in [0.25, 0.3) is 0 Å². The van der Waals surface area contributed by atoms with Gasteiger partial charge in [0.15, 0.2) is 0 Å². The SMILES string of the molecule is CCCC1CCC(NC)C(CCc2nccn2C)C1. The van der Waals surface area contributed by atoms with Crippen molar-refractivity contribution in [1.82, 2.24) is 14.9 Å². The Labute approximate surface area is 117 Å². The maximum Gasteiger partial charge on any atom is 0.108 e. The molecule has 0 saturated heterocycles. The van der Waals surface area contributed by atoms with Gasteiger partial charge in [-0.15, -0.1) is 0 Å². The lowest BCUT2D eigenvalue weighted by Crippen LogP contribution is -2.39. The number of rotatable bonds is 6. The average Bonchev–Trinajstić information content (AvgIpc) is 2.82. The molecule has 1 saturated carbocycles. The molecule has 19 heavy (non-hydrogen) atoms. The number of aromatic nitrogens is 2. The first kappa shape index (κ1) is 14.6. The molecular formula is C16H29N3. The molecule has 0 bridgehead atoms. The van der Waals surface area contributed by atoms with Crippen LogP contribution < -0.4 is 5.32 Å². The van der Waals surface area contributed by atoms with E-state index in [4.69, 9.17) is 0 Å². The summed E-state index contributed by atoms with van der Waals surface area (Å²) in [5, 5.41) is 3.53. The predicted octanol–water partition coefficient (Wildman–Crippen LogP) is 3.16. The summed E-state index contributed by atoms with van der Waals surface area (Å²) in [6, 6.07) is 0.716. The zero-order valence-electron chi connectivity index (χ0n) is 12.7. The van der Waals surface area contributed by atoms with Crippen molar-refractivity contribution in [2.24, 2.45) is 18.9 Å². The van der Waals surface area contributed by atoms with Crippen molar-refractivity contribution in [2.45, 2.75) is 57.9 Å². The lowest BCUT2D eigenvalue weighted by Gasteiger charge is -2.36. The van der Waals surface area contributed by atoms with Crippen molar-refractivity contribution in [3.8, 4) is 0 Å². The fourth-order valence-corrected chi connectivity index (χ4v) is 3.68. The summed E-state index contributed by atoms with van der Waals surface area (Å²) in [7, 11) is 4.22. The van der Waals surface area contributed by atoms with Gasteiger partial charge in [-0.3, -0.25) is 0 Å². The highest BCUT2D eigenvalue weighted by Gasteiger charge is 2.28. The molecule has 0 radical (unpaired) electrons. The second-order valence-electron chi connectivity index (χ2n) is 6.12. The highest BCUT2D eigenvalue weighted by Crippen LogP contribution is 2.34. The molecular weight excluding hydrogens is 234 g/mol. The van der Waals surface area contributed by atoms with E-state index >= 15 is 0 Å². The first-order chi connectivity index (χ1) is 9.24. The molecule has 108 valence electrons. The van der Waals surface area contributed by atoms with Crippen LogP contribution in [0.2, 0.25) is 0 Å². The predicted molar refractivity (Wildman–Crippen MR) is 80.1 cm³/mol. The molecule has 3 heteroatoms. The summed E-state index contributed by atoms with van der Waals surface area (Å²) in [4.78, 5) is 4.45. The van der Waals surface area contributed by atoms with Crippen molar-refractivity contribution in [3.05, 3.63) is 18.2 Å². The first-order valence-corrected chi connectivity index (χ1v) is 7.88. The summed E-state index contributed by atoms with van der Waals surface area (Å²) in [6.07, 6.45) is 13.3. The van der Waals surface area contributed by atoms with Gasteiger partial charge in [0, 0.05) is 31.9 Å². The van der Waals surface area contributed by atoms with E-state index in [2.05, 4.69) is 35.9 Å². The molecule has 1 aliphatic rings. The molecule has 0 amide bonds. The van der Waals surface area contributed by atoms with Crippen molar-refractivity contribution >= 4 is 0 Å². The Kier molecular flexibility index (Phi) is 5.44. The van der Waals surface area contributed by atoms with Crippen LogP contribution in [0.15, 0.2) is 12.4 Å². The van der Waals surface area contributed by atoms with Gasteiger partial charge in [0.25, 0.3) is 0 Å². The first-order valence-electron chi connectivity index (χ1n) is 7.88. The van der Waals surface area contributed by atoms with Crippen LogP contribution in [0, 0.1) is 11.8 Å². The number of imidazole rings is 1. The van der Waals surface area contributed by atoms with Crippen LogP contribution in [0.3, 0.4) is 0 Å². The maximum absolute atomic E-state index is 4.45. The Morgan fingerprint density at radius 3 is 2.84 bits per heavy atom. The van der Waals surface area contributed by atoms with Gasteiger partial charge in [0.2, 0.25) is 0 Å². The normalized spacial score (nSPS) is 27.6. The molecule has 1 aliphatic carbocycles. The summed E-state index contributed by atoms with van der Waals surface area (Å²) >= 11 is 0. The third-order valence-corrected chi connectivity index (χ3v) is 4.82. The van der Waals surface area contributed by atoms with Crippen LogP contribution in [-0.4, -0.2) is 22.6 Å². The van der Waals surface area contributed by atoms with E-state index in [0.717, 1.165) is 18.3 Å². The van der Waals surface area contributed by atoms with E-state index in [-0.39, 0.29) is 0 Å². The van der Waals surface area contributed by atoms with Crippen LogP contribution >= 0.6 is 0 Å². The summed E-state index contributed by atoms with van der Waals surface area (Å²) in [5.74, 6) is 3.01. The van der Waals surface area contributed by atoms with E-state index in [1.807, 2.05) is 12.4 Å². The minimum Gasteiger partial charge on any atom is -0.338 e. The topological polar surface area (TPSA) is 29.9 Å². The number of nitrogens with zero attached hydrogens (tertiary/aromatic N) is 2. The molecule has 1 aromatic rings.